The summed E-state index contributed by atoms with van der Waals surface area (Å²) in [6.45, 7) is 2.91. The van der Waals surface area contributed by atoms with Crippen molar-refractivity contribution in [1.82, 2.24) is 5.32 Å². The number of carbonyl (C=O) groups is 1. The number of nitrogens with one attached hydrogen (secondary N) is 1. The van der Waals surface area contributed by atoms with Crippen molar-refractivity contribution in [3.63, 3.8) is 0 Å². The second kappa shape index (κ2) is 7.66. The Morgan fingerprint density at radius 2 is 2.04 bits per heavy atom. The fraction of sp³-hybridized carbons (Fsp3) is 0.650. The van der Waals surface area contributed by atoms with Crippen LogP contribution in [0.25, 0.3) is 0 Å². The van der Waals surface area contributed by atoms with Gasteiger partial charge in [-0.25, -0.2) is 0 Å². The molecule has 0 amide bonds. The Hall–Kier alpha value is -1.39. The number of benzene rings is 1. The van der Waals surface area contributed by atoms with Crippen molar-refractivity contribution < 1.29 is 14.6 Å². The molecule has 1 saturated carbocycles. The minimum absolute atomic E-state index is 0.0456. The highest BCUT2D eigenvalue weighted by atomic mass is 16.5. The van der Waals surface area contributed by atoms with Crippen LogP contribution in [0.15, 0.2) is 24.3 Å². The van der Waals surface area contributed by atoms with Crippen LogP contribution in [0.2, 0.25) is 0 Å². The van der Waals surface area contributed by atoms with Gasteiger partial charge in [-0.3, -0.25) is 4.79 Å². The van der Waals surface area contributed by atoms with E-state index in [1.807, 2.05) is 13.0 Å². The summed E-state index contributed by atoms with van der Waals surface area (Å²) >= 11 is 0. The number of esters is 1. The van der Waals surface area contributed by atoms with Crippen molar-refractivity contribution >= 4 is 5.97 Å². The summed E-state index contributed by atoms with van der Waals surface area (Å²) in [5.41, 5.74) is 1.61. The number of ether oxygens (including phenoxy) is 1. The van der Waals surface area contributed by atoms with E-state index < -0.39 is 5.60 Å². The Balaban J connectivity index is 1.53. The van der Waals surface area contributed by atoms with Gasteiger partial charge in [0.15, 0.2) is 0 Å². The molecule has 1 aromatic carbocycles. The predicted octanol–water partition coefficient (Wildman–Crippen LogP) is 2.92. The van der Waals surface area contributed by atoms with Crippen molar-refractivity contribution in [2.24, 2.45) is 5.92 Å². The first-order valence-corrected chi connectivity index (χ1v) is 9.33. The topological polar surface area (TPSA) is 58.6 Å². The maximum atomic E-state index is 11.8. The second-order valence-electron chi connectivity index (χ2n) is 7.22. The van der Waals surface area contributed by atoms with Crippen LogP contribution in [-0.4, -0.2) is 30.3 Å². The molecule has 0 aromatic heterocycles. The summed E-state index contributed by atoms with van der Waals surface area (Å²) in [6, 6.07) is 8.64. The molecule has 0 spiro atoms. The third kappa shape index (κ3) is 3.81. The van der Waals surface area contributed by atoms with E-state index in [9.17, 15) is 9.90 Å². The molecular formula is C20H29NO3. The Morgan fingerprint density at radius 3 is 2.79 bits per heavy atom. The van der Waals surface area contributed by atoms with Crippen molar-refractivity contribution in [3.8, 4) is 0 Å². The highest BCUT2D eigenvalue weighted by Gasteiger charge is 2.35. The minimum Gasteiger partial charge on any atom is -0.466 e. The SMILES string of the molecule is CCOC(=O)C1CCC(NCC2(O)CCCc3ccccc32)CC1. The van der Waals surface area contributed by atoms with Crippen LogP contribution in [0.1, 0.15) is 56.6 Å². The lowest BCUT2D eigenvalue weighted by Gasteiger charge is -2.37. The summed E-state index contributed by atoms with van der Waals surface area (Å²) in [5, 5.41) is 14.7. The number of rotatable bonds is 5. The summed E-state index contributed by atoms with van der Waals surface area (Å²) in [4.78, 5) is 11.8. The van der Waals surface area contributed by atoms with Gasteiger partial charge in [0, 0.05) is 12.6 Å². The first kappa shape index (κ1) is 17.4. The van der Waals surface area contributed by atoms with Crippen LogP contribution in [0.4, 0.5) is 0 Å². The average Bonchev–Trinajstić information content (AvgIpc) is 2.61. The maximum absolute atomic E-state index is 11.8. The molecule has 0 aliphatic heterocycles. The predicted molar refractivity (Wildman–Crippen MR) is 93.7 cm³/mol. The molecule has 1 aromatic rings. The number of hydrogen-bond donors (Lipinski definition) is 2. The summed E-state index contributed by atoms with van der Waals surface area (Å²) in [5.74, 6) is 0.0114. The first-order valence-electron chi connectivity index (χ1n) is 9.33. The van der Waals surface area contributed by atoms with Crippen LogP contribution in [-0.2, 0) is 21.6 Å². The van der Waals surface area contributed by atoms with Gasteiger partial charge in [0.05, 0.1) is 12.5 Å². The monoisotopic (exact) mass is 331 g/mol. The average molecular weight is 331 g/mol. The fourth-order valence-corrected chi connectivity index (χ4v) is 4.19. The number of aliphatic hydroxyl groups is 1. The summed E-state index contributed by atoms with van der Waals surface area (Å²) in [7, 11) is 0. The Kier molecular flexibility index (Phi) is 5.57. The number of carbonyl (C=O) groups excluding carboxylic acids is 1. The van der Waals surface area contributed by atoms with Crippen LogP contribution < -0.4 is 5.32 Å². The molecule has 4 nitrogen and oxygen atoms in total. The van der Waals surface area contributed by atoms with Gasteiger partial charge in [0.2, 0.25) is 0 Å². The molecule has 1 atom stereocenters. The molecule has 2 aliphatic carbocycles. The van der Waals surface area contributed by atoms with E-state index in [-0.39, 0.29) is 11.9 Å². The van der Waals surface area contributed by atoms with Crippen molar-refractivity contribution in [1.29, 1.82) is 0 Å². The lowest BCUT2D eigenvalue weighted by molar-refractivity contribution is -0.149. The van der Waals surface area contributed by atoms with E-state index in [4.69, 9.17) is 4.74 Å². The zero-order valence-corrected chi connectivity index (χ0v) is 14.6. The highest BCUT2D eigenvalue weighted by molar-refractivity contribution is 5.72. The summed E-state index contributed by atoms with van der Waals surface area (Å²) in [6.07, 6.45) is 6.61. The highest BCUT2D eigenvalue weighted by Crippen LogP contribution is 2.35. The molecule has 132 valence electrons. The lowest BCUT2D eigenvalue weighted by atomic mass is 9.78. The van der Waals surface area contributed by atoms with Gasteiger partial charge < -0.3 is 15.2 Å². The van der Waals surface area contributed by atoms with Gasteiger partial charge in [-0.15, -0.1) is 0 Å². The van der Waals surface area contributed by atoms with E-state index in [1.54, 1.807) is 0 Å². The number of hydrogen-bond acceptors (Lipinski definition) is 4. The largest absolute Gasteiger partial charge is 0.466 e. The third-order valence-corrected chi connectivity index (χ3v) is 5.59. The molecule has 0 heterocycles. The zero-order chi connectivity index (χ0) is 17.0. The molecule has 24 heavy (non-hydrogen) atoms. The molecule has 0 saturated heterocycles. The lowest BCUT2D eigenvalue weighted by Crippen LogP contribution is -2.45. The molecule has 1 fully saturated rings. The molecule has 1 unspecified atom stereocenters. The summed E-state index contributed by atoms with van der Waals surface area (Å²) < 4.78 is 5.13. The van der Waals surface area contributed by atoms with Crippen LogP contribution in [0.3, 0.4) is 0 Å². The number of fused-ring (bicyclic) bond motifs is 1. The minimum atomic E-state index is -0.757. The van der Waals surface area contributed by atoms with Crippen LogP contribution >= 0.6 is 0 Å². The molecule has 2 aliphatic rings. The fourth-order valence-electron chi connectivity index (χ4n) is 4.19. The Bertz CT molecular complexity index is 566. The van der Waals surface area contributed by atoms with Gasteiger partial charge in [-0.1, -0.05) is 24.3 Å². The van der Waals surface area contributed by atoms with Crippen molar-refractivity contribution in [2.45, 2.75) is 63.5 Å². The van der Waals surface area contributed by atoms with E-state index in [1.165, 1.54) is 5.56 Å². The second-order valence-corrected chi connectivity index (χ2v) is 7.22. The third-order valence-electron chi connectivity index (χ3n) is 5.59. The maximum Gasteiger partial charge on any atom is 0.308 e. The van der Waals surface area contributed by atoms with E-state index in [2.05, 4.69) is 23.5 Å². The Labute approximate surface area is 144 Å². The van der Waals surface area contributed by atoms with Gasteiger partial charge in [0.25, 0.3) is 0 Å². The first-order chi connectivity index (χ1) is 11.6. The Morgan fingerprint density at radius 1 is 1.29 bits per heavy atom. The van der Waals surface area contributed by atoms with Gasteiger partial charge in [-0.2, -0.15) is 0 Å². The van der Waals surface area contributed by atoms with Gasteiger partial charge in [-0.05, 0) is 63.0 Å². The quantitative estimate of drug-likeness (QED) is 0.815. The zero-order valence-electron chi connectivity index (χ0n) is 14.6. The van der Waals surface area contributed by atoms with Crippen LogP contribution in [0.5, 0.6) is 0 Å². The van der Waals surface area contributed by atoms with E-state index in [0.29, 0.717) is 19.2 Å². The molecule has 2 N–H and O–H groups in total. The van der Waals surface area contributed by atoms with E-state index >= 15 is 0 Å². The molecule has 0 bridgehead atoms. The van der Waals surface area contributed by atoms with E-state index in [0.717, 1.165) is 50.5 Å². The standard InChI is InChI=1S/C20H29NO3/c1-2-24-19(22)16-9-11-17(12-10-16)21-14-20(23)13-5-7-15-6-3-4-8-18(15)20/h3-4,6,8,16-17,21,23H,2,5,7,9-14H2,1H3. The normalized spacial score (nSPS) is 29.8. The molecular weight excluding hydrogens is 302 g/mol. The van der Waals surface area contributed by atoms with Crippen molar-refractivity contribution in [2.75, 3.05) is 13.2 Å². The smallest absolute Gasteiger partial charge is 0.308 e. The molecule has 4 heteroatoms. The van der Waals surface area contributed by atoms with Crippen LogP contribution in [0, 0.1) is 5.92 Å². The number of aryl methyl sites for hydroxylation is 1. The molecule has 0 radical (unpaired) electrons. The van der Waals surface area contributed by atoms with Gasteiger partial charge >= 0.3 is 5.97 Å². The molecule has 3 rings (SSSR count). The van der Waals surface area contributed by atoms with Gasteiger partial charge in [0.1, 0.15) is 5.60 Å². The van der Waals surface area contributed by atoms with Crippen molar-refractivity contribution in [3.05, 3.63) is 35.4 Å².